The van der Waals surface area contributed by atoms with Crippen LogP contribution in [0.25, 0.3) is 11.1 Å². The number of nitrogens with zero attached hydrogens (tertiary/aromatic N) is 2. The fourth-order valence-electron chi connectivity index (χ4n) is 8.46. The van der Waals surface area contributed by atoms with Gasteiger partial charge in [-0.3, -0.25) is 0 Å². The summed E-state index contributed by atoms with van der Waals surface area (Å²) in [7, 11) is 2.15. The van der Waals surface area contributed by atoms with E-state index in [4.69, 9.17) is 0 Å². The number of hydrogen-bond donors (Lipinski definition) is 0. The molecule has 0 heterocycles. The van der Waals surface area contributed by atoms with Gasteiger partial charge in [-0.25, -0.2) is 0 Å². The van der Waals surface area contributed by atoms with Crippen LogP contribution in [0.2, 0.25) is 0 Å². The first-order valence-electron chi connectivity index (χ1n) is 20.1. The van der Waals surface area contributed by atoms with Gasteiger partial charge in [0.1, 0.15) is 0 Å². The molecule has 0 amide bonds. The van der Waals surface area contributed by atoms with Crippen molar-refractivity contribution in [1.29, 1.82) is 0 Å². The van der Waals surface area contributed by atoms with Crippen molar-refractivity contribution in [2.75, 3.05) is 16.8 Å². The van der Waals surface area contributed by atoms with Crippen LogP contribution in [0.1, 0.15) is 120 Å². The minimum absolute atomic E-state index is 0.0484. The summed E-state index contributed by atoms with van der Waals surface area (Å²) in [6.07, 6.45) is 18.4. The summed E-state index contributed by atoms with van der Waals surface area (Å²) in [6, 6.07) is 45.3. The van der Waals surface area contributed by atoms with Gasteiger partial charge < -0.3 is 9.80 Å². The van der Waals surface area contributed by atoms with E-state index in [0.717, 1.165) is 0 Å². The second-order valence-electron chi connectivity index (χ2n) is 15.0. The van der Waals surface area contributed by atoms with Crippen molar-refractivity contribution in [3.05, 3.63) is 138 Å². The molecule has 0 fully saturated rings. The van der Waals surface area contributed by atoms with Gasteiger partial charge >= 0.3 is 0 Å². The number of benzene rings is 5. The molecule has 0 aromatic heterocycles. The first kappa shape index (κ1) is 36.5. The molecule has 0 N–H and O–H groups in total. The van der Waals surface area contributed by atoms with Crippen LogP contribution in [0.3, 0.4) is 0 Å². The summed E-state index contributed by atoms with van der Waals surface area (Å²) >= 11 is 0. The Morgan fingerprint density at radius 2 is 0.863 bits per heavy atom. The summed E-state index contributed by atoms with van der Waals surface area (Å²) in [5.41, 5.74) is 13.4. The van der Waals surface area contributed by atoms with E-state index in [-0.39, 0.29) is 5.41 Å². The van der Waals surface area contributed by atoms with E-state index in [1.54, 1.807) is 11.1 Å². The number of aryl methyl sites for hydroxylation is 1. The van der Waals surface area contributed by atoms with Gasteiger partial charge in [0, 0.05) is 40.9 Å². The Morgan fingerprint density at radius 1 is 0.431 bits per heavy atom. The highest BCUT2D eigenvalue weighted by Gasteiger charge is 2.42. The highest BCUT2D eigenvalue weighted by molar-refractivity contribution is 5.86. The smallest absolute Gasteiger partial charge is 0.0465 e. The zero-order valence-electron chi connectivity index (χ0n) is 31.8. The number of unbranched alkanes of at least 4 members (excludes halogenated alkanes) is 10. The third-order valence-electron chi connectivity index (χ3n) is 11.3. The van der Waals surface area contributed by atoms with Gasteiger partial charge in [-0.15, -0.1) is 0 Å². The number of rotatable bonds is 19. The van der Waals surface area contributed by atoms with Crippen molar-refractivity contribution in [2.24, 2.45) is 0 Å². The molecule has 0 saturated heterocycles. The maximum Gasteiger partial charge on any atom is 0.0465 e. The fourth-order valence-corrected chi connectivity index (χ4v) is 8.46. The molecule has 5 aromatic carbocycles. The van der Waals surface area contributed by atoms with E-state index in [1.165, 1.54) is 135 Å². The average molecular weight is 677 g/mol. The van der Waals surface area contributed by atoms with E-state index in [2.05, 4.69) is 159 Å². The van der Waals surface area contributed by atoms with Gasteiger partial charge in [-0.2, -0.15) is 0 Å². The highest BCUT2D eigenvalue weighted by atomic mass is 15.1. The van der Waals surface area contributed by atoms with Crippen LogP contribution >= 0.6 is 0 Å². The number of para-hydroxylation sites is 2. The van der Waals surface area contributed by atoms with E-state index in [9.17, 15) is 0 Å². The summed E-state index contributed by atoms with van der Waals surface area (Å²) in [6.45, 7) is 6.92. The lowest BCUT2D eigenvalue weighted by atomic mass is 9.70. The summed E-state index contributed by atoms with van der Waals surface area (Å²) in [5, 5.41) is 0. The molecule has 0 atom stereocenters. The largest absolute Gasteiger partial charge is 0.345 e. The molecule has 51 heavy (non-hydrogen) atoms. The van der Waals surface area contributed by atoms with E-state index in [0.29, 0.717) is 0 Å². The molecule has 6 rings (SSSR count). The SMILES string of the molecule is CCCCCCCCC1(CCCCCCCC)c2cc(C)ccc2-c2ccc(N(c3ccccc3)c3ccc(N(C)c4ccccc4)cc3)cc21. The average Bonchev–Trinajstić information content (AvgIpc) is 3.43. The molecule has 5 aromatic rings. The minimum atomic E-state index is 0.0484. The van der Waals surface area contributed by atoms with Crippen molar-refractivity contribution in [2.45, 2.75) is 116 Å². The predicted molar refractivity (Wildman–Crippen MR) is 223 cm³/mol. The molecule has 0 bridgehead atoms. The molecule has 0 radical (unpaired) electrons. The van der Waals surface area contributed by atoms with Gasteiger partial charge in [-0.05, 0) is 103 Å². The lowest BCUT2D eigenvalue weighted by molar-refractivity contribution is 0.398. The summed E-state index contributed by atoms with van der Waals surface area (Å²) in [5.74, 6) is 0. The molecule has 0 aliphatic heterocycles. The van der Waals surface area contributed by atoms with Crippen molar-refractivity contribution in [3.8, 4) is 11.1 Å². The van der Waals surface area contributed by atoms with Crippen LogP contribution in [0.4, 0.5) is 28.4 Å². The molecular weight excluding hydrogens is 617 g/mol. The van der Waals surface area contributed by atoms with Crippen LogP contribution in [0.5, 0.6) is 0 Å². The predicted octanol–water partition coefficient (Wildman–Crippen LogP) is 15.0. The van der Waals surface area contributed by atoms with E-state index in [1.807, 2.05) is 0 Å². The molecule has 0 unspecified atom stereocenters. The third kappa shape index (κ3) is 8.44. The molecule has 0 saturated carbocycles. The first-order valence-corrected chi connectivity index (χ1v) is 20.1. The van der Waals surface area contributed by atoms with Gasteiger partial charge in [-0.1, -0.05) is 157 Å². The van der Waals surface area contributed by atoms with Crippen LogP contribution in [0, 0.1) is 6.92 Å². The Balaban J connectivity index is 1.40. The van der Waals surface area contributed by atoms with Crippen LogP contribution in [0.15, 0.2) is 121 Å². The van der Waals surface area contributed by atoms with Gasteiger partial charge in [0.15, 0.2) is 0 Å². The quantitative estimate of drug-likeness (QED) is 0.0803. The summed E-state index contributed by atoms with van der Waals surface area (Å²) < 4.78 is 0. The van der Waals surface area contributed by atoms with Crippen molar-refractivity contribution in [3.63, 3.8) is 0 Å². The zero-order valence-corrected chi connectivity index (χ0v) is 31.8. The maximum absolute atomic E-state index is 2.58. The Kier molecular flexibility index (Phi) is 12.7. The molecule has 2 heteroatoms. The second-order valence-corrected chi connectivity index (χ2v) is 15.0. The molecular formula is C49H60N2. The van der Waals surface area contributed by atoms with Crippen molar-refractivity contribution < 1.29 is 0 Å². The monoisotopic (exact) mass is 676 g/mol. The second kappa shape index (κ2) is 17.8. The first-order chi connectivity index (χ1) is 25.1. The number of hydrogen-bond acceptors (Lipinski definition) is 2. The summed E-state index contributed by atoms with van der Waals surface area (Å²) in [4.78, 5) is 4.71. The standard InChI is InChI=1S/C49H60N2/c1-5-7-9-11-13-21-35-49(36-22-14-12-10-8-6-2)47-37-39(3)27-33-45(47)46-34-32-44(38-48(46)49)51(42-25-19-16-20-26-42)43-30-28-41(29-31-43)50(4)40-23-17-15-18-24-40/h15-20,23-34,37-38H,5-14,21-22,35-36H2,1-4H3. The fraction of sp³-hybridized carbons (Fsp3) is 0.388. The number of fused-ring (bicyclic) bond motifs is 3. The molecule has 0 spiro atoms. The maximum atomic E-state index is 2.58. The lowest BCUT2D eigenvalue weighted by Crippen LogP contribution is -2.26. The highest BCUT2D eigenvalue weighted by Crippen LogP contribution is 2.56. The van der Waals surface area contributed by atoms with Gasteiger partial charge in [0.05, 0.1) is 0 Å². The Hall–Kier alpha value is -4.30. The topological polar surface area (TPSA) is 6.48 Å². The minimum Gasteiger partial charge on any atom is -0.345 e. The van der Waals surface area contributed by atoms with E-state index >= 15 is 0 Å². The molecule has 266 valence electrons. The Bertz CT molecular complexity index is 1770. The Labute approximate surface area is 309 Å². The number of anilines is 5. The molecule has 1 aliphatic carbocycles. The molecule has 2 nitrogen and oxygen atoms in total. The van der Waals surface area contributed by atoms with Crippen LogP contribution in [-0.2, 0) is 5.41 Å². The lowest BCUT2D eigenvalue weighted by Gasteiger charge is -2.34. The van der Waals surface area contributed by atoms with Gasteiger partial charge in [0.25, 0.3) is 0 Å². The zero-order chi connectivity index (χ0) is 35.5. The van der Waals surface area contributed by atoms with Crippen LogP contribution < -0.4 is 9.80 Å². The van der Waals surface area contributed by atoms with E-state index < -0.39 is 0 Å². The third-order valence-corrected chi connectivity index (χ3v) is 11.3. The normalized spacial score (nSPS) is 12.8. The van der Waals surface area contributed by atoms with Crippen LogP contribution in [-0.4, -0.2) is 7.05 Å². The Morgan fingerprint density at radius 3 is 1.45 bits per heavy atom. The molecule has 1 aliphatic rings. The van der Waals surface area contributed by atoms with Gasteiger partial charge in [0.2, 0.25) is 0 Å². The van der Waals surface area contributed by atoms with Crippen molar-refractivity contribution >= 4 is 28.4 Å². The van der Waals surface area contributed by atoms with Crippen molar-refractivity contribution in [1.82, 2.24) is 0 Å².